The zero-order chi connectivity index (χ0) is 21.0. The number of hydrogen-bond donors (Lipinski definition) is 2. The Hall–Kier alpha value is 4.90. The van der Waals surface area contributed by atoms with Gasteiger partial charge in [-0.3, -0.25) is 0 Å². The molecule has 4 unspecified atom stereocenters. The molecule has 3 fully saturated rings. The van der Waals surface area contributed by atoms with Crippen LogP contribution in [0.4, 0.5) is 0 Å². The van der Waals surface area contributed by atoms with Gasteiger partial charge in [0.05, 0.1) is 27.5 Å². The average Bonchev–Trinajstić information content (AvgIpc) is 2.67. The Balaban J connectivity index is 1.28. The van der Waals surface area contributed by atoms with Crippen LogP contribution in [0.5, 0.6) is 0 Å². The van der Waals surface area contributed by atoms with E-state index in [1.807, 2.05) is 23.5 Å². The van der Waals surface area contributed by atoms with Gasteiger partial charge in [0.15, 0.2) is 0 Å². The average molecular weight is 669 g/mol. The standard InChI is InChI=1S/C16H28S14/c17-4-19-11(1-13-25-8-26-13)21-6-23-15-3-16(30-10-29-15)24-7-22-12(20-5-18)2-14-27-9-28-14/h11-18H,1-10H2. The van der Waals surface area contributed by atoms with E-state index < -0.39 is 0 Å². The Kier molecular flexibility index (Phi) is 17.9. The van der Waals surface area contributed by atoms with E-state index in [2.05, 4.69) is 143 Å². The third kappa shape index (κ3) is 12.0. The number of thiol groups is 2. The van der Waals surface area contributed by atoms with E-state index in [9.17, 15) is 0 Å². The van der Waals surface area contributed by atoms with Crippen LogP contribution in [-0.2, 0) is 0 Å². The monoisotopic (exact) mass is 668 g/mol. The fraction of sp³-hybridized carbons (Fsp3) is 1.00. The van der Waals surface area contributed by atoms with Gasteiger partial charge in [-0.1, -0.05) is 0 Å². The lowest BCUT2D eigenvalue weighted by Gasteiger charge is -2.30. The maximum Gasteiger partial charge on any atom is 0.0537 e. The maximum absolute atomic E-state index is 4.46. The molecule has 0 aromatic carbocycles. The summed E-state index contributed by atoms with van der Waals surface area (Å²) >= 11 is 34.5. The summed E-state index contributed by atoms with van der Waals surface area (Å²) < 4.78 is 4.67. The highest BCUT2D eigenvalue weighted by molar-refractivity contribution is 8.34. The first-order valence-corrected chi connectivity index (χ1v) is 23.2. The summed E-state index contributed by atoms with van der Waals surface area (Å²) in [6.07, 6.45) is 4.01. The molecule has 4 atom stereocenters. The van der Waals surface area contributed by atoms with Crippen LogP contribution in [-0.4, -0.2) is 63.1 Å². The zero-order valence-corrected chi connectivity index (χ0v) is 27.9. The lowest BCUT2D eigenvalue weighted by Crippen LogP contribution is -2.16. The van der Waals surface area contributed by atoms with Crippen molar-refractivity contribution >= 4 is 166 Å². The lowest BCUT2D eigenvalue weighted by atomic mass is 10.5. The SMILES string of the molecule is SCSC(CC1SCS1)SCSC1CC(SCSC(CC2SCS2)SCS)SCS1. The van der Waals surface area contributed by atoms with Crippen molar-refractivity contribution in [1.29, 1.82) is 0 Å². The fourth-order valence-electron chi connectivity index (χ4n) is 2.55. The van der Waals surface area contributed by atoms with Gasteiger partial charge in [0.1, 0.15) is 0 Å². The van der Waals surface area contributed by atoms with Gasteiger partial charge >= 0.3 is 0 Å². The lowest BCUT2D eigenvalue weighted by molar-refractivity contribution is 1.02. The molecule has 3 aliphatic heterocycles. The first-order valence-electron chi connectivity index (χ1n) is 9.37. The molecule has 3 saturated heterocycles. The molecule has 0 aromatic rings. The molecule has 3 rings (SSSR count). The third-order valence-corrected chi connectivity index (χ3v) is 22.5. The fourth-order valence-corrected chi connectivity index (χ4v) is 22.1. The van der Waals surface area contributed by atoms with Gasteiger partial charge in [0, 0.05) is 35.6 Å². The molecule has 0 N–H and O–H groups in total. The van der Waals surface area contributed by atoms with Crippen LogP contribution in [0, 0.1) is 0 Å². The molecule has 176 valence electrons. The smallest absolute Gasteiger partial charge is 0.0537 e. The number of thioether (sulfide) groups is 12. The summed E-state index contributed by atoms with van der Waals surface area (Å²) in [6.45, 7) is 0. The van der Waals surface area contributed by atoms with E-state index in [0.29, 0.717) is 0 Å². The van der Waals surface area contributed by atoms with Gasteiger partial charge in [-0.05, 0) is 19.3 Å². The van der Waals surface area contributed by atoms with Gasteiger partial charge in [0.2, 0.25) is 0 Å². The summed E-state index contributed by atoms with van der Waals surface area (Å²) in [5, 5.41) is 8.21. The molecule has 30 heavy (non-hydrogen) atoms. The Bertz CT molecular complexity index is 410. The van der Waals surface area contributed by atoms with Crippen molar-refractivity contribution in [3.63, 3.8) is 0 Å². The summed E-state index contributed by atoms with van der Waals surface area (Å²) in [5.41, 5.74) is 0. The minimum Gasteiger partial charge on any atom is -0.168 e. The quantitative estimate of drug-likeness (QED) is 0.119. The van der Waals surface area contributed by atoms with Gasteiger partial charge in [-0.2, -0.15) is 25.3 Å². The van der Waals surface area contributed by atoms with Crippen molar-refractivity contribution in [2.75, 3.05) is 35.6 Å². The number of rotatable bonds is 16. The van der Waals surface area contributed by atoms with Crippen molar-refractivity contribution in [3.8, 4) is 0 Å². The molecular formula is C16H28S14. The molecule has 0 aliphatic carbocycles. The molecule has 3 heterocycles. The summed E-state index contributed by atoms with van der Waals surface area (Å²) in [6, 6.07) is 0. The van der Waals surface area contributed by atoms with Gasteiger partial charge in [-0.25, -0.2) is 0 Å². The Morgan fingerprint density at radius 3 is 1.43 bits per heavy atom. The van der Waals surface area contributed by atoms with E-state index in [4.69, 9.17) is 0 Å². The van der Waals surface area contributed by atoms with E-state index in [1.165, 1.54) is 44.7 Å². The van der Waals surface area contributed by atoms with Crippen LogP contribution in [0.1, 0.15) is 19.3 Å². The second-order valence-corrected chi connectivity index (χ2v) is 25.5. The minimum atomic E-state index is 0.720. The van der Waals surface area contributed by atoms with Crippen LogP contribution >= 0.6 is 166 Å². The summed E-state index contributed by atoms with van der Waals surface area (Å²) in [5.74, 6) is 0. The van der Waals surface area contributed by atoms with Crippen molar-refractivity contribution in [3.05, 3.63) is 0 Å². The molecule has 0 spiro atoms. The number of hydrogen-bond acceptors (Lipinski definition) is 14. The van der Waals surface area contributed by atoms with Gasteiger partial charge < -0.3 is 0 Å². The topological polar surface area (TPSA) is 0 Å². The predicted octanol–water partition coefficient (Wildman–Crippen LogP) is 9.51. The van der Waals surface area contributed by atoms with Crippen LogP contribution < -0.4 is 0 Å². The zero-order valence-electron chi connectivity index (χ0n) is 16.3. The van der Waals surface area contributed by atoms with Crippen LogP contribution in [0.25, 0.3) is 0 Å². The molecule has 0 nitrogen and oxygen atoms in total. The maximum atomic E-state index is 4.46. The van der Waals surface area contributed by atoms with Crippen LogP contribution in [0.3, 0.4) is 0 Å². The largest absolute Gasteiger partial charge is 0.168 e. The van der Waals surface area contributed by atoms with Crippen molar-refractivity contribution in [1.82, 2.24) is 0 Å². The Morgan fingerprint density at radius 1 is 0.633 bits per heavy atom. The Morgan fingerprint density at radius 2 is 1.07 bits per heavy atom. The molecule has 0 radical (unpaired) electrons. The molecule has 0 aromatic heterocycles. The Labute approximate surface area is 245 Å². The van der Waals surface area contributed by atoms with E-state index in [0.717, 1.165) is 37.7 Å². The predicted molar refractivity (Wildman–Crippen MR) is 180 cm³/mol. The molecular weight excluding hydrogens is 641 g/mol. The normalized spacial score (nSPS) is 27.4. The first kappa shape index (κ1) is 29.5. The highest BCUT2D eigenvalue weighted by Gasteiger charge is 2.27. The van der Waals surface area contributed by atoms with E-state index in [1.54, 1.807) is 0 Å². The molecule has 14 heteroatoms. The summed E-state index contributed by atoms with van der Waals surface area (Å²) in [4.78, 5) is 0. The molecule has 0 bridgehead atoms. The first-order chi connectivity index (χ1) is 14.8. The highest BCUT2D eigenvalue weighted by atomic mass is 32.3. The second-order valence-electron chi connectivity index (χ2n) is 6.13. The van der Waals surface area contributed by atoms with Crippen LogP contribution in [0.15, 0.2) is 0 Å². The van der Waals surface area contributed by atoms with Gasteiger partial charge in [-0.15, -0.1) is 141 Å². The van der Waals surface area contributed by atoms with E-state index in [-0.39, 0.29) is 0 Å². The minimum absolute atomic E-state index is 0.720. The molecule has 0 amide bonds. The molecule has 3 aliphatic rings. The highest BCUT2D eigenvalue weighted by Crippen LogP contribution is 2.49. The molecule has 0 saturated carbocycles. The van der Waals surface area contributed by atoms with Crippen LogP contribution in [0.2, 0.25) is 0 Å². The second kappa shape index (κ2) is 18.2. The van der Waals surface area contributed by atoms with Crippen molar-refractivity contribution in [2.24, 2.45) is 0 Å². The summed E-state index contributed by atoms with van der Waals surface area (Å²) in [7, 11) is 0. The van der Waals surface area contributed by atoms with Gasteiger partial charge in [0.25, 0.3) is 0 Å². The third-order valence-electron chi connectivity index (χ3n) is 4.21. The van der Waals surface area contributed by atoms with Crippen molar-refractivity contribution in [2.45, 2.75) is 46.8 Å². The van der Waals surface area contributed by atoms with Crippen molar-refractivity contribution < 1.29 is 0 Å². The van der Waals surface area contributed by atoms with E-state index >= 15 is 0 Å².